The quantitative estimate of drug-likeness (QED) is 0.785. The van der Waals surface area contributed by atoms with E-state index >= 15 is 0 Å². The largest absolute Gasteiger partial charge is 0.493 e. The molecule has 0 unspecified atom stereocenters. The van der Waals surface area contributed by atoms with Crippen LogP contribution in [0.5, 0.6) is 11.5 Å². The molecule has 0 radical (unpaired) electrons. The Morgan fingerprint density at radius 1 is 1.35 bits per heavy atom. The van der Waals surface area contributed by atoms with Crippen LogP contribution in [0.2, 0.25) is 5.02 Å². The SMILES string of the molecule is CCOc1c(OC)ccc(Cl)c1CS(=O)(=O)Cl. The Morgan fingerprint density at radius 3 is 2.47 bits per heavy atom. The lowest BCUT2D eigenvalue weighted by Crippen LogP contribution is -2.03. The monoisotopic (exact) mass is 298 g/mol. The smallest absolute Gasteiger partial charge is 0.236 e. The Labute approximate surface area is 110 Å². The van der Waals surface area contributed by atoms with Crippen molar-refractivity contribution in [3.8, 4) is 11.5 Å². The predicted molar refractivity (Wildman–Crippen MR) is 67.6 cm³/mol. The van der Waals surface area contributed by atoms with Gasteiger partial charge < -0.3 is 9.47 Å². The fraction of sp³-hybridized carbons (Fsp3) is 0.400. The molecule has 0 N–H and O–H groups in total. The van der Waals surface area contributed by atoms with Crippen LogP contribution in [0.1, 0.15) is 12.5 Å². The topological polar surface area (TPSA) is 52.6 Å². The molecule has 4 nitrogen and oxygen atoms in total. The third kappa shape index (κ3) is 3.94. The first kappa shape index (κ1) is 14.4. The summed E-state index contributed by atoms with van der Waals surface area (Å²) in [6, 6.07) is 3.15. The number of benzene rings is 1. The van der Waals surface area contributed by atoms with Crippen molar-refractivity contribution < 1.29 is 17.9 Å². The summed E-state index contributed by atoms with van der Waals surface area (Å²) in [4.78, 5) is 0. The molecule has 0 amide bonds. The van der Waals surface area contributed by atoms with Gasteiger partial charge in [0.25, 0.3) is 0 Å². The van der Waals surface area contributed by atoms with Crippen LogP contribution < -0.4 is 9.47 Å². The maximum Gasteiger partial charge on any atom is 0.236 e. The molecule has 0 aliphatic rings. The zero-order valence-corrected chi connectivity index (χ0v) is 11.7. The van der Waals surface area contributed by atoms with E-state index in [9.17, 15) is 8.42 Å². The van der Waals surface area contributed by atoms with Crippen molar-refractivity contribution >= 4 is 31.3 Å². The van der Waals surface area contributed by atoms with Gasteiger partial charge in [-0.15, -0.1) is 0 Å². The molecule has 96 valence electrons. The first-order valence-corrected chi connectivity index (χ1v) is 7.65. The molecule has 0 spiro atoms. The van der Waals surface area contributed by atoms with E-state index in [-0.39, 0.29) is 5.02 Å². The van der Waals surface area contributed by atoms with Gasteiger partial charge in [-0.25, -0.2) is 8.42 Å². The molecule has 0 bridgehead atoms. The van der Waals surface area contributed by atoms with Crippen LogP contribution in [0.3, 0.4) is 0 Å². The van der Waals surface area contributed by atoms with Crippen LogP contribution in [0.15, 0.2) is 12.1 Å². The maximum absolute atomic E-state index is 11.1. The van der Waals surface area contributed by atoms with Gasteiger partial charge in [-0.2, -0.15) is 0 Å². The van der Waals surface area contributed by atoms with Gasteiger partial charge in [0, 0.05) is 21.3 Å². The van der Waals surface area contributed by atoms with E-state index in [1.807, 2.05) is 0 Å². The van der Waals surface area contributed by atoms with Crippen LogP contribution in [0.25, 0.3) is 0 Å². The molecule has 0 aliphatic carbocycles. The lowest BCUT2D eigenvalue weighted by Gasteiger charge is -2.14. The Kier molecular flexibility index (Phi) is 4.91. The zero-order chi connectivity index (χ0) is 13.1. The zero-order valence-electron chi connectivity index (χ0n) is 9.37. The van der Waals surface area contributed by atoms with Crippen LogP contribution in [0.4, 0.5) is 0 Å². The van der Waals surface area contributed by atoms with Gasteiger partial charge in [-0.1, -0.05) is 11.6 Å². The van der Waals surface area contributed by atoms with Gasteiger partial charge >= 0.3 is 0 Å². The second kappa shape index (κ2) is 5.80. The minimum atomic E-state index is -3.71. The third-order valence-corrected chi connectivity index (χ3v) is 3.31. The van der Waals surface area contributed by atoms with Crippen molar-refractivity contribution in [3.63, 3.8) is 0 Å². The minimum absolute atomic E-state index is 0.276. The molecule has 0 atom stereocenters. The lowest BCUT2D eigenvalue weighted by atomic mass is 10.2. The molecule has 1 rings (SSSR count). The molecule has 1 aromatic rings. The summed E-state index contributed by atoms with van der Waals surface area (Å²) in [7, 11) is 2.97. The Morgan fingerprint density at radius 2 is 2.00 bits per heavy atom. The van der Waals surface area contributed by atoms with Gasteiger partial charge in [-0.05, 0) is 19.1 Å². The third-order valence-electron chi connectivity index (χ3n) is 1.99. The van der Waals surface area contributed by atoms with Gasteiger partial charge in [0.15, 0.2) is 11.5 Å². The first-order valence-electron chi connectivity index (χ1n) is 4.79. The number of methoxy groups -OCH3 is 1. The Balaban J connectivity index is 3.33. The highest BCUT2D eigenvalue weighted by molar-refractivity contribution is 8.13. The van der Waals surface area contributed by atoms with Crippen molar-refractivity contribution in [1.82, 2.24) is 0 Å². The number of rotatable bonds is 5. The molecule has 1 aromatic carbocycles. The van der Waals surface area contributed by atoms with E-state index in [0.29, 0.717) is 23.7 Å². The van der Waals surface area contributed by atoms with Crippen molar-refractivity contribution in [3.05, 3.63) is 22.7 Å². The average Bonchev–Trinajstić information content (AvgIpc) is 2.22. The van der Waals surface area contributed by atoms with Crippen molar-refractivity contribution in [2.24, 2.45) is 0 Å². The molecule has 0 aliphatic heterocycles. The molecule has 0 saturated heterocycles. The van der Waals surface area contributed by atoms with E-state index in [0.717, 1.165) is 0 Å². The fourth-order valence-electron chi connectivity index (χ4n) is 1.35. The molecule has 0 fully saturated rings. The number of hydrogen-bond donors (Lipinski definition) is 0. The predicted octanol–water partition coefficient (Wildman–Crippen LogP) is 2.82. The number of ether oxygens (including phenoxy) is 2. The summed E-state index contributed by atoms with van der Waals surface area (Å²) >= 11 is 5.94. The van der Waals surface area contributed by atoms with E-state index < -0.39 is 14.8 Å². The summed E-state index contributed by atoms with van der Waals surface area (Å²) in [5.74, 6) is 0.332. The second-order valence-electron chi connectivity index (χ2n) is 3.17. The van der Waals surface area contributed by atoms with Gasteiger partial charge in [-0.3, -0.25) is 0 Å². The van der Waals surface area contributed by atoms with E-state index in [2.05, 4.69) is 0 Å². The Bertz CT molecular complexity index is 499. The molecular weight excluding hydrogens is 287 g/mol. The van der Waals surface area contributed by atoms with Gasteiger partial charge in [0.2, 0.25) is 9.05 Å². The summed E-state index contributed by atoms with van der Waals surface area (Å²) in [5.41, 5.74) is 0.308. The van der Waals surface area contributed by atoms with E-state index in [1.54, 1.807) is 19.1 Å². The fourth-order valence-corrected chi connectivity index (χ4v) is 2.61. The van der Waals surface area contributed by atoms with Gasteiger partial charge in [0.05, 0.1) is 19.5 Å². The van der Waals surface area contributed by atoms with E-state index in [4.69, 9.17) is 31.8 Å². The van der Waals surface area contributed by atoms with Crippen LogP contribution in [0, 0.1) is 0 Å². The van der Waals surface area contributed by atoms with Crippen molar-refractivity contribution in [2.45, 2.75) is 12.7 Å². The number of hydrogen-bond acceptors (Lipinski definition) is 4. The van der Waals surface area contributed by atoms with Crippen LogP contribution in [-0.4, -0.2) is 22.1 Å². The lowest BCUT2D eigenvalue weighted by molar-refractivity contribution is 0.308. The molecule has 0 saturated carbocycles. The number of halogens is 2. The summed E-state index contributed by atoms with van der Waals surface area (Å²) in [6.45, 7) is 2.14. The standard InChI is InChI=1S/C10H12Cl2O4S/c1-3-16-10-7(6-17(12,13)14)8(11)4-5-9(10)15-2/h4-5H,3,6H2,1-2H3. The highest BCUT2D eigenvalue weighted by Crippen LogP contribution is 2.37. The normalized spacial score (nSPS) is 11.3. The average molecular weight is 299 g/mol. The summed E-state index contributed by atoms with van der Waals surface area (Å²) < 4.78 is 32.7. The summed E-state index contributed by atoms with van der Waals surface area (Å²) in [6.07, 6.45) is 0. The molecule has 7 heteroatoms. The molecular formula is C10H12Cl2O4S. The van der Waals surface area contributed by atoms with E-state index in [1.165, 1.54) is 7.11 Å². The molecule has 17 heavy (non-hydrogen) atoms. The highest BCUT2D eigenvalue weighted by Gasteiger charge is 2.19. The van der Waals surface area contributed by atoms with Crippen molar-refractivity contribution in [1.29, 1.82) is 0 Å². The molecule has 0 aromatic heterocycles. The first-order chi connectivity index (χ1) is 7.89. The van der Waals surface area contributed by atoms with Gasteiger partial charge in [0.1, 0.15) is 0 Å². The van der Waals surface area contributed by atoms with Crippen LogP contribution in [-0.2, 0) is 14.8 Å². The highest BCUT2D eigenvalue weighted by atomic mass is 35.7. The maximum atomic E-state index is 11.1. The van der Waals surface area contributed by atoms with Crippen LogP contribution >= 0.6 is 22.3 Å². The minimum Gasteiger partial charge on any atom is -0.493 e. The second-order valence-corrected chi connectivity index (χ2v) is 6.36. The molecule has 0 heterocycles. The summed E-state index contributed by atoms with van der Waals surface area (Å²) in [5, 5.41) is 0.276. The Hall–Kier alpha value is -0.650. The van der Waals surface area contributed by atoms with Crippen molar-refractivity contribution in [2.75, 3.05) is 13.7 Å².